The van der Waals surface area contributed by atoms with Gasteiger partial charge in [0.2, 0.25) is 5.91 Å². The molecule has 0 heterocycles. The monoisotopic (exact) mass is 362 g/mol. The quantitative estimate of drug-likeness (QED) is 0.597. The Morgan fingerprint density at radius 1 is 0.852 bits per heavy atom. The Hall–Kier alpha value is -3.47. The minimum atomic E-state index is -0.0610. The van der Waals surface area contributed by atoms with Crippen molar-refractivity contribution in [3.8, 4) is 17.2 Å². The molecule has 0 fully saturated rings. The first-order valence-electron chi connectivity index (χ1n) is 8.74. The standard InChI is InChI=1S/C22H22N2O3/c1-26-18-13-11-17(12-14-18)24-22(25)15-16-23-20-9-5-6-10-21(20)27-19-7-3-2-4-8-19/h2-14,23H,15-16H2,1H3,(H,24,25). The predicted molar refractivity (Wildman–Crippen MR) is 108 cm³/mol. The third-order valence-electron chi connectivity index (χ3n) is 3.90. The Morgan fingerprint density at radius 2 is 1.56 bits per heavy atom. The molecule has 138 valence electrons. The molecule has 0 spiro atoms. The fourth-order valence-electron chi connectivity index (χ4n) is 2.53. The largest absolute Gasteiger partial charge is 0.497 e. The van der Waals surface area contributed by atoms with Crippen molar-refractivity contribution in [1.82, 2.24) is 0 Å². The van der Waals surface area contributed by atoms with Crippen LogP contribution in [0, 0.1) is 0 Å². The van der Waals surface area contributed by atoms with Gasteiger partial charge < -0.3 is 20.1 Å². The highest BCUT2D eigenvalue weighted by molar-refractivity contribution is 5.91. The van der Waals surface area contributed by atoms with Gasteiger partial charge in [-0.15, -0.1) is 0 Å². The van der Waals surface area contributed by atoms with E-state index in [0.29, 0.717) is 13.0 Å². The molecule has 0 saturated heterocycles. The molecule has 0 aliphatic carbocycles. The van der Waals surface area contributed by atoms with E-state index in [1.807, 2.05) is 78.9 Å². The maximum Gasteiger partial charge on any atom is 0.226 e. The molecule has 27 heavy (non-hydrogen) atoms. The molecule has 0 radical (unpaired) electrons. The summed E-state index contributed by atoms with van der Waals surface area (Å²) in [5.41, 5.74) is 1.59. The number of hydrogen-bond acceptors (Lipinski definition) is 4. The van der Waals surface area contributed by atoms with Gasteiger partial charge in [-0.3, -0.25) is 4.79 Å². The molecule has 0 unspecified atom stereocenters. The molecule has 3 aromatic rings. The predicted octanol–water partition coefficient (Wildman–Crippen LogP) is 4.93. The van der Waals surface area contributed by atoms with Crippen molar-refractivity contribution in [3.05, 3.63) is 78.9 Å². The van der Waals surface area contributed by atoms with Crippen LogP contribution in [0.1, 0.15) is 6.42 Å². The van der Waals surface area contributed by atoms with E-state index < -0.39 is 0 Å². The molecule has 2 N–H and O–H groups in total. The zero-order valence-corrected chi connectivity index (χ0v) is 15.1. The minimum absolute atomic E-state index is 0.0610. The maximum absolute atomic E-state index is 12.1. The molecule has 1 amide bonds. The molecular formula is C22H22N2O3. The molecule has 0 aliphatic rings. The topological polar surface area (TPSA) is 59.6 Å². The average Bonchev–Trinajstić information content (AvgIpc) is 2.71. The van der Waals surface area contributed by atoms with Gasteiger partial charge in [0, 0.05) is 18.7 Å². The number of carbonyl (C=O) groups excluding carboxylic acids is 1. The lowest BCUT2D eigenvalue weighted by molar-refractivity contribution is -0.115. The Kier molecular flexibility index (Phi) is 6.30. The van der Waals surface area contributed by atoms with Crippen LogP contribution in [0.5, 0.6) is 17.2 Å². The van der Waals surface area contributed by atoms with Gasteiger partial charge in [0.15, 0.2) is 5.75 Å². The van der Waals surface area contributed by atoms with Crippen molar-refractivity contribution in [2.24, 2.45) is 0 Å². The molecule has 3 aromatic carbocycles. The number of para-hydroxylation sites is 3. The van der Waals surface area contributed by atoms with Gasteiger partial charge in [-0.1, -0.05) is 30.3 Å². The minimum Gasteiger partial charge on any atom is -0.497 e. The molecule has 0 atom stereocenters. The smallest absolute Gasteiger partial charge is 0.226 e. The second-order valence-electron chi connectivity index (χ2n) is 5.86. The summed E-state index contributed by atoms with van der Waals surface area (Å²) >= 11 is 0. The number of benzene rings is 3. The summed E-state index contributed by atoms with van der Waals surface area (Å²) in [6, 6.07) is 24.5. The van der Waals surface area contributed by atoms with Gasteiger partial charge in [-0.2, -0.15) is 0 Å². The van der Waals surface area contributed by atoms with Crippen LogP contribution in [0.15, 0.2) is 78.9 Å². The zero-order valence-electron chi connectivity index (χ0n) is 15.1. The third kappa shape index (κ3) is 5.51. The van der Waals surface area contributed by atoms with Crippen LogP contribution in [0.3, 0.4) is 0 Å². The number of amides is 1. The number of nitrogens with one attached hydrogen (secondary N) is 2. The van der Waals surface area contributed by atoms with Gasteiger partial charge in [0.25, 0.3) is 0 Å². The summed E-state index contributed by atoms with van der Waals surface area (Å²) < 4.78 is 11.0. The summed E-state index contributed by atoms with van der Waals surface area (Å²) in [4.78, 5) is 12.1. The van der Waals surface area contributed by atoms with Crippen molar-refractivity contribution in [2.45, 2.75) is 6.42 Å². The van der Waals surface area contributed by atoms with Crippen LogP contribution >= 0.6 is 0 Å². The SMILES string of the molecule is COc1ccc(NC(=O)CCNc2ccccc2Oc2ccccc2)cc1. The van der Waals surface area contributed by atoms with E-state index in [1.54, 1.807) is 7.11 Å². The average molecular weight is 362 g/mol. The van der Waals surface area contributed by atoms with Crippen LogP contribution in [0.25, 0.3) is 0 Å². The number of carbonyl (C=O) groups is 1. The number of hydrogen-bond donors (Lipinski definition) is 2. The van der Waals surface area contributed by atoms with Gasteiger partial charge in [0.1, 0.15) is 11.5 Å². The van der Waals surface area contributed by atoms with Crippen LogP contribution in [0.2, 0.25) is 0 Å². The van der Waals surface area contributed by atoms with Crippen LogP contribution in [-0.2, 0) is 4.79 Å². The first kappa shape index (κ1) is 18.3. The van der Waals surface area contributed by atoms with Gasteiger partial charge in [0.05, 0.1) is 12.8 Å². The molecule has 5 heteroatoms. The summed E-state index contributed by atoms with van der Waals surface area (Å²) in [5, 5.41) is 6.13. The van der Waals surface area contributed by atoms with Crippen molar-refractivity contribution in [1.29, 1.82) is 0 Å². The molecule has 0 saturated carbocycles. The lowest BCUT2D eigenvalue weighted by Crippen LogP contribution is -2.16. The normalized spacial score (nSPS) is 10.1. The van der Waals surface area contributed by atoms with E-state index in [-0.39, 0.29) is 5.91 Å². The van der Waals surface area contributed by atoms with Gasteiger partial charge >= 0.3 is 0 Å². The summed E-state index contributed by atoms with van der Waals surface area (Å²) in [6.07, 6.45) is 0.339. The fourth-order valence-corrected chi connectivity index (χ4v) is 2.53. The Bertz CT molecular complexity index is 864. The Morgan fingerprint density at radius 3 is 2.30 bits per heavy atom. The summed E-state index contributed by atoms with van der Waals surface area (Å²) in [5.74, 6) is 2.18. The highest BCUT2D eigenvalue weighted by atomic mass is 16.5. The molecule has 5 nitrogen and oxygen atoms in total. The van der Waals surface area contributed by atoms with Crippen molar-refractivity contribution in [3.63, 3.8) is 0 Å². The van der Waals surface area contributed by atoms with Crippen molar-refractivity contribution < 1.29 is 14.3 Å². The number of anilines is 2. The van der Waals surface area contributed by atoms with Crippen molar-refractivity contribution >= 4 is 17.3 Å². The summed E-state index contributed by atoms with van der Waals surface area (Å²) in [7, 11) is 1.61. The zero-order chi connectivity index (χ0) is 18.9. The second kappa shape index (κ2) is 9.29. The Balaban J connectivity index is 1.52. The van der Waals surface area contributed by atoms with Crippen molar-refractivity contribution in [2.75, 3.05) is 24.3 Å². The Labute approximate surface area is 158 Å². The first-order valence-corrected chi connectivity index (χ1v) is 8.74. The van der Waals surface area contributed by atoms with Crippen LogP contribution in [-0.4, -0.2) is 19.6 Å². The number of ether oxygens (including phenoxy) is 2. The van der Waals surface area contributed by atoms with E-state index in [1.165, 1.54) is 0 Å². The van der Waals surface area contributed by atoms with Crippen LogP contribution in [0.4, 0.5) is 11.4 Å². The van der Waals surface area contributed by atoms with Gasteiger partial charge in [-0.05, 0) is 48.5 Å². The first-order chi connectivity index (χ1) is 13.2. The second-order valence-corrected chi connectivity index (χ2v) is 5.86. The number of rotatable bonds is 8. The highest BCUT2D eigenvalue weighted by Crippen LogP contribution is 2.29. The summed E-state index contributed by atoms with van der Waals surface area (Å²) in [6.45, 7) is 0.497. The molecular weight excluding hydrogens is 340 g/mol. The third-order valence-corrected chi connectivity index (χ3v) is 3.90. The highest BCUT2D eigenvalue weighted by Gasteiger charge is 2.06. The maximum atomic E-state index is 12.1. The van der Waals surface area contributed by atoms with Gasteiger partial charge in [-0.25, -0.2) is 0 Å². The fraction of sp³-hybridized carbons (Fsp3) is 0.136. The molecule has 0 aromatic heterocycles. The molecule has 3 rings (SSSR count). The lowest BCUT2D eigenvalue weighted by Gasteiger charge is -2.13. The van der Waals surface area contributed by atoms with Crippen LogP contribution < -0.4 is 20.1 Å². The molecule has 0 bridgehead atoms. The lowest BCUT2D eigenvalue weighted by atomic mass is 10.2. The van der Waals surface area contributed by atoms with E-state index in [4.69, 9.17) is 9.47 Å². The van der Waals surface area contributed by atoms with E-state index in [2.05, 4.69) is 10.6 Å². The van der Waals surface area contributed by atoms with E-state index in [0.717, 1.165) is 28.6 Å². The molecule has 0 aliphatic heterocycles. The van der Waals surface area contributed by atoms with E-state index in [9.17, 15) is 4.79 Å². The number of methoxy groups -OCH3 is 1. The van der Waals surface area contributed by atoms with E-state index >= 15 is 0 Å².